The number of hydrogen-bond donors (Lipinski definition) is 1. The fourth-order valence-electron chi connectivity index (χ4n) is 4.05. The molecule has 1 fully saturated rings. The molecule has 1 unspecified atom stereocenters. The smallest absolute Gasteiger partial charge is 0.242 e. The number of carbonyl (C=O) groups is 2. The molecule has 0 spiro atoms. The number of benzene rings is 2. The molecule has 0 heterocycles. The molecular weight excluding hydrogens is 475 g/mol. The predicted molar refractivity (Wildman–Crippen MR) is 139 cm³/mol. The lowest BCUT2D eigenvalue weighted by Gasteiger charge is -2.31. The quantitative estimate of drug-likeness (QED) is 0.375. The highest BCUT2D eigenvalue weighted by molar-refractivity contribution is 7.98. The molecule has 2 amide bonds. The van der Waals surface area contributed by atoms with Crippen molar-refractivity contribution >= 4 is 46.8 Å². The summed E-state index contributed by atoms with van der Waals surface area (Å²) in [5, 5.41) is 4.20. The number of thioether (sulfide) groups is 1. The molecule has 0 aromatic heterocycles. The zero-order chi connectivity index (χ0) is 23.6. The standard InChI is InChI=1S/C26H32Cl2N2O2S/c1-19(26(32)29-23-10-6-3-7-11-23)30(17-21-12-13-22(27)16-24(21)28)25(31)14-15-33-18-20-8-4-2-5-9-20/h2,4-5,8-9,12-13,16,19,23H,3,6-7,10-11,14-15,17-18H2,1H3,(H,29,32). The summed E-state index contributed by atoms with van der Waals surface area (Å²) in [4.78, 5) is 27.9. The van der Waals surface area contributed by atoms with Crippen LogP contribution in [0, 0.1) is 0 Å². The van der Waals surface area contributed by atoms with Crippen molar-refractivity contribution < 1.29 is 9.59 Å². The van der Waals surface area contributed by atoms with E-state index in [9.17, 15) is 9.59 Å². The molecule has 0 aliphatic heterocycles. The summed E-state index contributed by atoms with van der Waals surface area (Å²) in [5.74, 6) is 1.40. The van der Waals surface area contributed by atoms with Gasteiger partial charge in [0.25, 0.3) is 0 Å². The maximum atomic E-state index is 13.2. The number of halogens is 2. The number of nitrogens with one attached hydrogen (secondary N) is 1. The van der Waals surface area contributed by atoms with Gasteiger partial charge in [-0.25, -0.2) is 0 Å². The second kappa shape index (κ2) is 13.3. The average molecular weight is 508 g/mol. The van der Waals surface area contributed by atoms with E-state index in [2.05, 4.69) is 17.4 Å². The van der Waals surface area contributed by atoms with Crippen LogP contribution in [-0.2, 0) is 21.9 Å². The summed E-state index contributed by atoms with van der Waals surface area (Å²) in [5.41, 5.74) is 2.02. The van der Waals surface area contributed by atoms with Gasteiger partial charge in [-0.05, 0) is 43.0 Å². The van der Waals surface area contributed by atoms with Gasteiger partial charge in [0, 0.05) is 40.6 Å². The Bertz CT molecular complexity index is 920. The normalized spacial score (nSPS) is 15.1. The van der Waals surface area contributed by atoms with Crippen molar-refractivity contribution in [2.45, 2.75) is 69.8 Å². The van der Waals surface area contributed by atoms with Crippen LogP contribution in [0.4, 0.5) is 0 Å². The van der Waals surface area contributed by atoms with Gasteiger partial charge in [0.1, 0.15) is 6.04 Å². The summed E-state index contributed by atoms with van der Waals surface area (Å²) in [6.07, 6.45) is 5.88. The Labute approximate surface area is 211 Å². The van der Waals surface area contributed by atoms with Crippen LogP contribution in [-0.4, -0.2) is 34.6 Å². The number of rotatable bonds is 10. The molecule has 1 saturated carbocycles. The Morgan fingerprint density at radius 2 is 1.82 bits per heavy atom. The summed E-state index contributed by atoms with van der Waals surface area (Å²) in [7, 11) is 0. The molecule has 1 aliphatic rings. The molecular formula is C26H32Cl2N2O2S. The Morgan fingerprint density at radius 1 is 1.09 bits per heavy atom. The van der Waals surface area contributed by atoms with Crippen LogP contribution in [0.5, 0.6) is 0 Å². The first-order chi connectivity index (χ1) is 15.9. The van der Waals surface area contributed by atoms with E-state index in [-0.39, 0.29) is 24.4 Å². The van der Waals surface area contributed by atoms with Crippen LogP contribution in [0.1, 0.15) is 56.6 Å². The van der Waals surface area contributed by atoms with Crippen molar-refractivity contribution in [2.24, 2.45) is 0 Å². The number of hydrogen-bond acceptors (Lipinski definition) is 3. The third kappa shape index (κ3) is 8.24. The fourth-order valence-corrected chi connectivity index (χ4v) is 5.41. The topological polar surface area (TPSA) is 49.4 Å². The van der Waals surface area contributed by atoms with Crippen molar-refractivity contribution in [1.29, 1.82) is 0 Å². The van der Waals surface area contributed by atoms with E-state index in [4.69, 9.17) is 23.2 Å². The third-order valence-corrected chi connectivity index (χ3v) is 7.66. The summed E-state index contributed by atoms with van der Waals surface area (Å²) in [6.45, 7) is 2.08. The van der Waals surface area contributed by atoms with Crippen LogP contribution < -0.4 is 5.32 Å². The molecule has 2 aromatic carbocycles. The largest absolute Gasteiger partial charge is 0.352 e. The maximum absolute atomic E-state index is 13.2. The minimum absolute atomic E-state index is 0.0483. The van der Waals surface area contributed by atoms with E-state index < -0.39 is 6.04 Å². The number of nitrogens with zero attached hydrogens (tertiary/aromatic N) is 1. The minimum atomic E-state index is -0.578. The number of carbonyl (C=O) groups excluding carboxylic acids is 2. The van der Waals surface area contributed by atoms with Crippen molar-refractivity contribution in [3.8, 4) is 0 Å². The fraction of sp³-hybridized carbons (Fsp3) is 0.462. The van der Waals surface area contributed by atoms with Crippen molar-refractivity contribution in [2.75, 3.05) is 5.75 Å². The SMILES string of the molecule is CC(C(=O)NC1CCCCC1)N(Cc1ccc(Cl)cc1Cl)C(=O)CCSCc1ccccc1. The minimum Gasteiger partial charge on any atom is -0.352 e. The number of amides is 2. The van der Waals surface area contributed by atoms with Gasteiger partial charge in [-0.2, -0.15) is 11.8 Å². The first kappa shape index (κ1) is 25.9. The molecule has 33 heavy (non-hydrogen) atoms. The van der Waals surface area contributed by atoms with Gasteiger partial charge in [-0.3, -0.25) is 9.59 Å². The molecule has 7 heteroatoms. The van der Waals surface area contributed by atoms with Gasteiger partial charge in [-0.1, -0.05) is 78.9 Å². The van der Waals surface area contributed by atoms with Gasteiger partial charge in [-0.15, -0.1) is 0 Å². The van der Waals surface area contributed by atoms with Crippen LogP contribution in [0.3, 0.4) is 0 Å². The second-order valence-corrected chi connectivity index (χ2v) is 10.5. The molecule has 4 nitrogen and oxygen atoms in total. The Kier molecular flexibility index (Phi) is 10.4. The summed E-state index contributed by atoms with van der Waals surface area (Å²) in [6, 6.07) is 15.1. The predicted octanol–water partition coefficient (Wildman–Crippen LogP) is 6.48. The van der Waals surface area contributed by atoms with Gasteiger partial charge < -0.3 is 10.2 Å². The lowest BCUT2D eigenvalue weighted by molar-refractivity contribution is -0.140. The zero-order valence-corrected chi connectivity index (χ0v) is 21.4. The molecule has 1 N–H and O–H groups in total. The Hall–Kier alpha value is -1.69. The average Bonchev–Trinajstić information content (AvgIpc) is 2.82. The lowest BCUT2D eigenvalue weighted by Crippen LogP contribution is -2.50. The highest BCUT2D eigenvalue weighted by Gasteiger charge is 2.28. The third-order valence-electron chi connectivity index (χ3n) is 6.05. The van der Waals surface area contributed by atoms with E-state index in [1.54, 1.807) is 35.7 Å². The molecule has 0 radical (unpaired) electrons. The Balaban J connectivity index is 1.64. The van der Waals surface area contributed by atoms with Crippen molar-refractivity contribution in [3.63, 3.8) is 0 Å². The van der Waals surface area contributed by atoms with E-state index in [1.807, 2.05) is 24.3 Å². The lowest BCUT2D eigenvalue weighted by atomic mass is 9.95. The van der Waals surface area contributed by atoms with Gasteiger partial charge >= 0.3 is 0 Å². The van der Waals surface area contributed by atoms with Crippen LogP contribution in [0.2, 0.25) is 10.0 Å². The van der Waals surface area contributed by atoms with Gasteiger partial charge in [0.15, 0.2) is 0 Å². The van der Waals surface area contributed by atoms with Gasteiger partial charge in [0.2, 0.25) is 11.8 Å². The molecule has 1 atom stereocenters. The highest BCUT2D eigenvalue weighted by Crippen LogP contribution is 2.24. The summed E-state index contributed by atoms with van der Waals surface area (Å²) >= 11 is 14.1. The monoisotopic (exact) mass is 506 g/mol. The molecule has 2 aromatic rings. The molecule has 0 bridgehead atoms. The maximum Gasteiger partial charge on any atom is 0.242 e. The van der Waals surface area contributed by atoms with Crippen molar-refractivity contribution in [3.05, 3.63) is 69.7 Å². The van der Waals surface area contributed by atoms with Crippen LogP contribution in [0.15, 0.2) is 48.5 Å². The first-order valence-corrected chi connectivity index (χ1v) is 13.5. The first-order valence-electron chi connectivity index (χ1n) is 11.6. The summed E-state index contributed by atoms with van der Waals surface area (Å²) < 4.78 is 0. The van der Waals surface area contributed by atoms with Gasteiger partial charge in [0.05, 0.1) is 0 Å². The Morgan fingerprint density at radius 3 is 2.52 bits per heavy atom. The van der Waals surface area contributed by atoms with E-state index in [1.165, 1.54) is 12.0 Å². The van der Waals surface area contributed by atoms with Crippen LogP contribution in [0.25, 0.3) is 0 Å². The molecule has 1 aliphatic carbocycles. The van der Waals surface area contributed by atoms with E-state index in [0.717, 1.165) is 37.0 Å². The zero-order valence-electron chi connectivity index (χ0n) is 19.1. The highest BCUT2D eigenvalue weighted by atomic mass is 35.5. The second-order valence-electron chi connectivity index (χ2n) is 8.57. The molecule has 0 saturated heterocycles. The van der Waals surface area contributed by atoms with E-state index >= 15 is 0 Å². The van der Waals surface area contributed by atoms with E-state index in [0.29, 0.717) is 22.2 Å². The molecule has 3 rings (SSSR count). The van der Waals surface area contributed by atoms with Crippen LogP contribution >= 0.6 is 35.0 Å². The molecule has 178 valence electrons. The van der Waals surface area contributed by atoms with Crippen molar-refractivity contribution in [1.82, 2.24) is 10.2 Å².